The summed E-state index contributed by atoms with van der Waals surface area (Å²) in [7, 11) is -3.08. The molecule has 0 spiro atoms. The zero-order valence-electron chi connectivity index (χ0n) is 13.9. The van der Waals surface area contributed by atoms with Crippen LogP contribution in [0.1, 0.15) is 33.7 Å². The Hall–Kier alpha value is -2.21. The minimum Gasteiger partial charge on any atom is -0.462 e. The van der Waals surface area contributed by atoms with Crippen molar-refractivity contribution in [3.05, 3.63) is 65.0 Å². The molecule has 0 saturated carbocycles. The summed E-state index contributed by atoms with van der Waals surface area (Å²) >= 11 is 0. The van der Waals surface area contributed by atoms with Gasteiger partial charge in [0, 0.05) is 17.6 Å². The Balaban J connectivity index is 1.80. The zero-order valence-corrected chi connectivity index (χ0v) is 14.7. The van der Waals surface area contributed by atoms with Gasteiger partial charge in [-0.2, -0.15) is 0 Å². The number of esters is 1. The number of sulfone groups is 1. The van der Waals surface area contributed by atoms with Gasteiger partial charge in [0.05, 0.1) is 17.9 Å². The molecule has 0 bridgehead atoms. The standard InChI is InChI=1S/C18H21NO4S/c1-14-5-3-6-17(19-14)7-4-12-23-18(20)16-10-8-15(9-11-16)13-24(2,21)22/h3,5-6,8-11H,4,7,12-13H2,1-2H3. The van der Waals surface area contributed by atoms with Crippen LogP contribution in [0.25, 0.3) is 0 Å². The van der Waals surface area contributed by atoms with Crippen LogP contribution in [0, 0.1) is 6.92 Å². The molecule has 0 aliphatic heterocycles. The average Bonchev–Trinajstić information content (AvgIpc) is 2.50. The quantitative estimate of drug-likeness (QED) is 0.569. The number of hydrogen-bond acceptors (Lipinski definition) is 5. The van der Waals surface area contributed by atoms with Crippen molar-refractivity contribution in [3.63, 3.8) is 0 Å². The molecule has 0 aliphatic carbocycles. The molecule has 0 fully saturated rings. The van der Waals surface area contributed by atoms with Gasteiger partial charge in [0.25, 0.3) is 0 Å². The molecule has 0 aliphatic rings. The first kappa shape index (κ1) is 18.1. The van der Waals surface area contributed by atoms with Gasteiger partial charge in [-0.05, 0) is 49.6 Å². The van der Waals surface area contributed by atoms with Crippen LogP contribution < -0.4 is 0 Å². The highest BCUT2D eigenvalue weighted by molar-refractivity contribution is 7.89. The van der Waals surface area contributed by atoms with Crippen molar-refractivity contribution in [2.75, 3.05) is 12.9 Å². The molecule has 0 radical (unpaired) electrons. The van der Waals surface area contributed by atoms with Crippen LogP contribution in [0.4, 0.5) is 0 Å². The lowest BCUT2D eigenvalue weighted by Crippen LogP contribution is -2.08. The van der Waals surface area contributed by atoms with E-state index in [-0.39, 0.29) is 5.75 Å². The summed E-state index contributed by atoms with van der Waals surface area (Å²) in [5.74, 6) is -0.440. The van der Waals surface area contributed by atoms with Crippen molar-refractivity contribution in [3.8, 4) is 0 Å². The van der Waals surface area contributed by atoms with E-state index in [1.165, 1.54) is 6.26 Å². The van der Waals surface area contributed by atoms with Crippen molar-refractivity contribution >= 4 is 15.8 Å². The molecule has 1 heterocycles. The van der Waals surface area contributed by atoms with Crippen LogP contribution in [0.3, 0.4) is 0 Å². The first-order chi connectivity index (χ1) is 11.3. The first-order valence-electron chi connectivity index (χ1n) is 7.70. The van der Waals surface area contributed by atoms with Crippen LogP contribution in [-0.4, -0.2) is 32.2 Å². The molecule has 2 aromatic rings. The molecule has 24 heavy (non-hydrogen) atoms. The third kappa shape index (κ3) is 6.12. The van der Waals surface area contributed by atoms with Gasteiger partial charge in [-0.1, -0.05) is 18.2 Å². The summed E-state index contributed by atoms with van der Waals surface area (Å²) in [6, 6.07) is 12.3. The van der Waals surface area contributed by atoms with Gasteiger partial charge in [-0.25, -0.2) is 13.2 Å². The van der Waals surface area contributed by atoms with Gasteiger partial charge >= 0.3 is 5.97 Å². The van der Waals surface area contributed by atoms with E-state index in [9.17, 15) is 13.2 Å². The second-order valence-electron chi connectivity index (χ2n) is 5.78. The first-order valence-corrected chi connectivity index (χ1v) is 9.76. The van der Waals surface area contributed by atoms with Gasteiger partial charge < -0.3 is 4.74 Å². The molecule has 2 rings (SSSR count). The average molecular weight is 347 g/mol. The molecule has 1 aromatic heterocycles. The molecule has 6 heteroatoms. The fourth-order valence-corrected chi connectivity index (χ4v) is 3.08. The predicted molar refractivity (Wildman–Crippen MR) is 92.6 cm³/mol. The van der Waals surface area contributed by atoms with Gasteiger partial charge in [0.2, 0.25) is 0 Å². The lowest BCUT2D eigenvalue weighted by Gasteiger charge is -2.06. The molecule has 0 saturated heterocycles. The van der Waals surface area contributed by atoms with Crippen LogP contribution >= 0.6 is 0 Å². The summed E-state index contributed by atoms with van der Waals surface area (Å²) in [6.45, 7) is 2.26. The van der Waals surface area contributed by atoms with Gasteiger partial charge in [-0.15, -0.1) is 0 Å². The molecule has 0 amide bonds. The maximum atomic E-state index is 12.0. The SMILES string of the molecule is Cc1cccc(CCCOC(=O)c2ccc(CS(C)(=O)=O)cc2)n1. The summed E-state index contributed by atoms with van der Waals surface area (Å²) in [5, 5.41) is 0. The van der Waals surface area contributed by atoms with E-state index in [0.29, 0.717) is 24.2 Å². The van der Waals surface area contributed by atoms with Crippen molar-refractivity contribution in [2.24, 2.45) is 0 Å². The normalized spacial score (nSPS) is 11.2. The van der Waals surface area contributed by atoms with Crippen molar-refractivity contribution < 1.29 is 17.9 Å². The van der Waals surface area contributed by atoms with Crippen molar-refractivity contribution in [1.82, 2.24) is 4.98 Å². The number of rotatable bonds is 7. The molecule has 5 nitrogen and oxygen atoms in total. The molecule has 128 valence electrons. The molecule has 0 unspecified atom stereocenters. The third-order valence-corrected chi connectivity index (χ3v) is 4.23. The van der Waals surface area contributed by atoms with Gasteiger partial charge in [-0.3, -0.25) is 4.98 Å². The van der Waals surface area contributed by atoms with E-state index in [4.69, 9.17) is 4.74 Å². The minimum atomic E-state index is -3.08. The van der Waals surface area contributed by atoms with Crippen molar-refractivity contribution in [1.29, 1.82) is 0 Å². The summed E-state index contributed by atoms with van der Waals surface area (Å²) in [6.07, 6.45) is 2.63. The number of nitrogens with zero attached hydrogens (tertiary/aromatic N) is 1. The highest BCUT2D eigenvalue weighted by atomic mass is 32.2. The predicted octanol–water partition coefficient (Wildman–Crippen LogP) is 2.72. The number of aryl methyl sites for hydroxylation is 2. The van der Waals surface area contributed by atoms with Crippen LogP contribution in [0.5, 0.6) is 0 Å². The maximum absolute atomic E-state index is 12.0. The van der Waals surface area contributed by atoms with Gasteiger partial charge in [0.1, 0.15) is 0 Å². The number of carbonyl (C=O) groups is 1. The van der Waals surface area contributed by atoms with Crippen molar-refractivity contribution in [2.45, 2.75) is 25.5 Å². The molecule has 0 N–H and O–H groups in total. The number of pyridine rings is 1. The van der Waals surface area contributed by atoms with E-state index in [0.717, 1.165) is 17.8 Å². The van der Waals surface area contributed by atoms with E-state index in [1.54, 1.807) is 24.3 Å². The largest absolute Gasteiger partial charge is 0.462 e. The van der Waals surface area contributed by atoms with E-state index >= 15 is 0 Å². The smallest absolute Gasteiger partial charge is 0.338 e. The second-order valence-corrected chi connectivity index (χ2v) is 7.92. The lowest BCUT2D eigenvalue weighted by atomic mass is 10.1. The molecular weight excluding hydrogens is 326 g/mol. The molecule has 1 aromatic carbocycles. The van der Waals surface area contributed by atoms with Crippen LogP contribution in [-0.2, 0) is 26.7 Å². The molecular formula is C18H21NO4S. The Morgan fingerprint density at radius 3 is 2.46 bits per heavy atom. The van der Waals surface area contributed by atoms with E-state index < -0.39 is 15.8 Å². The number of ether oxygens (including phenoxy) is 1. The Morgan fingerprint density at radius 2 is 1.83 bits per heavy atom. The Labute approximate surface area is 142 Å². The fraction of sp³-hybridized carbons (Fsp3) is 0.333. The Morgan fingerprint density at radius 1 is 1.12 bits per heavy atom. The Kier molecular flexibility index (Phi) is 6.09. The summed E-state index contributed by atoms with van der Waals surface area (Å²) < 4.78 is 27.7. The van der Waals surface area contributed by atoms with Crippen LogP contribution in [0.2, 0.25) is 0 Å². The maximum Gasteiger partial charge on any atom is 0.338 e. The minimum absolute atomic E-state index is 0.0359. The molecule has 0 atom stereocenters. The van der Waals surface area contributed by atoms with Crippen LogP contribution in [0.15, 0.2) is 42.5 Å². The fourth-order valence-electron chi connectivity index (χ4n) is 2.28. The number of carbonyl (C=O) groups excluding carboxylic acids is 1. The number of aromatic nitrogens is 1. The number of hydrogen-bond donors (Lipinski definition) is 0. The van der Waals surface area contributed by atoms with Gasteiger partial charge in [0.15, 0.2) is 9.84 Å². The Bertz CT molecular complexity index is 798. The lowest BCUT2D eigenvalue weighted by molar-refractivity contribution is 0.0500. The van der Waals surface area contributed by atoms with E-state index in [2.05, 4.69) is 4.98 Å². The summed E-state index contributed by atoms with van der Waals surface area (Å²) in [5.41, 5.74) is 3.02. The zero-order chi connectivity index (χ0) is 17.6. The second kappa shape index (κ2) is 8.06. The monoisotopic (exact) mass is 347 g/mol. The highest BCUT2D eigenvalue weighted by Gasteiger charge is 2.09. The highest BCUT2D eigenvalue weighted by Crippen LogP contribution is 2.09. The topological polar surface area (TPSA) is 73.3 Å². The summed E-state index contributed by atoms with van der Waals surface area (Å²) in [4.78, 5) is 16.3. The van der Waals surface area contributed by atoms with E-state index in [1.807, 2.05) is 25.1 Å². The number of benzene rings is 1. The third-order valence-electron chi connectivity index (χ3n) is 3.37.